The first-order chi connectivity index (χ1) is 19.5. The molecule has 5 rings (SSSR count). The molecule has 3 aromatic rings. The minimum atomic E-state index is -0.463. The second kappa shape index (κ2) is 11.3. The average molecular weight is 556 g/mol. The van der Waals surface area contributed by atoms with E-state index in [1.54, 1.807) is 19.0 Å². The first kappa shape index (κ1) is 28.9. The summed E-state index contributed by atoms with van der Waals surface area (Å²) in [5.41, 5.74) is 5.41. The molecule has 41 heavy (non-hydrogen) atoms. The molecule has 1 saturated carbocycles. The van der Waals surface area contributed by atoms with Crippen LogP contribution in [0, 0.1) is 11.3 Å². The van der Waals surface area contributed by atoms with E-state index in [9.17, 15) is 14.7 Å². The summed E-state index contributed by atoms with van der Waals surface area (Å²) in [4.78, 5) is 27.8. The molecular weight excluding hydrogens is 514 g/mol. The molecule has 1 atom stereocenters. The van der Waals surface area contributed by atoms with E-state index in [-0.39, 0.29) is 36.4 Å². The molecule has 1 aliphatic heterocycles. The first-order valence-electron chi connectivity index (χ1n) is 14.5. The van der Waals surface area contributed by atoms with Gasteiger partial charge in [-0.2, -0.15) is 0 Å². The molecule has 1 heterocycles. The molecule has 1 N–H and O–H groups in total. The van der Waals surface area contributed by atoms with Gasteiger partial charge in [0.25, 0.3) is 5.91 Å². The van der Waals surface area contributed by atoms with Gasteiger partial charge < -0.3 is 19.5 Å². The summed E-state index contributed by atoms with van der Waals surface area (Å²) < 4.78 is 11.0. The lowest BCUT2D eigenvalue weighted by atomic mass is 9.77. The fraction of sp³-hybridized carbons (Fsp3) is 0.429. The van der Waals surface area contributed by atoms with Crippen molar-refractivity contribution in [3.63, 3.8) is 0 Å². The molecule has 2 aliphatic rings. The molecule has 6 nitrogen and oxygen atoms in total. The number of aliphatic hydroxyl groups excluding tert-OH is 1. The zero-order chi connectivity index (χ0) is 29.4. The van der Waals surface area contributed by atoms with Gasteiger partial charge in [0, 0.05) is 32.7 Å². The van der Waals surface area contributed by atoms with E-state index < -0.39 is 5.41 Å². The molecule has 1 aliphatic carbocycles. The zero-order valence-electron chi connectivity index (χ0n) is 24.8. The highest BCUT2D eigenvalue weighted by atomic mass is 16.7. The Hall–Kier alpha value is -3.64. The molecule has 0 radical (unpaired) electrons. The summed E-state index contributed by atoms with van der Waals surface area (Å²) in [6, 6.07) is 19.9. The Labute approximate surface area is 243 Å². The molecule has 1 fully saturated rings. The third-order valence-electron chi connectivity index (χ3n) is 8.80. The van der Waals surface area contributed by atoms with Crippen molar-refractivity contribution in [1.82, 2.24) is 4.90 Å². The largest absolute Gasteiger partial charge is 0.454 e. The highest BCUT2D eigenvalue weighted by Gasteiger charge is 2.50. The third kappa shape index (κ3) is 6.03. The maximum atomic E-state index is 13.7. The zero-order valence-corrected chi connectivity index (χ0v) is 24.8. The van der Waals surface area contributed by atoms with Crippen LogP contribution < -0.4 is 9.47 Å². The smallest absolute Gasteiger partial charge is 0.253 e. The Balaban J connectivity index is 1.42. The Bertz CT molecular complexity index is 1430. The number of benzene rings is 3. The van der Waals surface area contributed by atoms with Crippen molar-refractivity contribution < 1.29 is 24.2 Å². The number of aliphatic hydroxyl groups is 1. The number of ether oxygens (including phenoxy) is 2. The van der Waals surface area contributed by atoms with Gasteiger partial charge >= 0.3 is 0 Å². The van der Waals surface area contributed by atoms with E-state index in [4.69, 9.17) is 9.47 Å². The van der Waals surface area contributed by atoms with Gasteiger partial charge in [0.1, 0.15) is 5.78 Å². The van der Waals surface area contributed by atoms with Gasteiger partial charge in [0.05, 0.1) is 5.41 Å². The van der Waals surface area contributed by atoms with E-state index in [1.807, 2.05) is 42.5 Å². The molecule has 0 aromatic heterocycles. The number of hydrogen-bond donors (Lipinski definition) is 1. The quantitative estimate of drug-likeness (QED) is 0.322. The Morgan fingerprint density at radius 2 is 1.66 bits per heavy atom. The van der Waals surface area contributed by atoms with Crippen LogP contribution in [-0.4, -0.2) is 49.2 Å². The fourth-order valence-corrected chi connectivity index (χ4v) is 5.80. The van der Waals surface area contributed by atoms with Gasteiger partial charge in [-0.25, -0.2) is 0 Å². The lowest BCUT2D eigenvalue weighted by Gasteiger charge is -2.29. The Morgan fingerprint density at radius 1 is 0.951 bits per heavy atom. The summed E-state index contributed by atoms with van der Waals surface area (Å²) in [6.07, 6.45) is 3.70. The number of rotatable bonds is 10. The topological polar surface area (TPSA) is 76.1 Å². The van der Waals surface area contributed by atoms with Crippen molar-refractivity contribution >= 4 is 11.7 Å². The second-order valence-electron chi connectivity index (χ2n) is 12.8. The number of Topliss-reactive ketones (excluding diaryl/α,β-unsaturated/α-hetero) is 1. The normalized spacial score (nSPS) is 15.9. The van der Waals surface area contributed by atoms with Gasteiger partial charge in [-0.1, -0.05) is 57.2 Å². The second-order valence-corrected chi connectivity index (χ2v) is 12.8. The standard InChI is InChI=1S/C35H41NO5/c1-34(2,3)28(21-37)13-12-24-7-6-23(18-29(24)25-8-10-26(11-9-25)33(39)36(4)5)19-32(38)35(16-17-35)27-14-15-30-31(20-27)41-22-40-30/h6-11,14-15,18,20,28,37H,12-13,16-17,19,21-22H2,1-5H3/t28-/m1/s1. The van der Waals surface area contributed by atoms with Gasteiger partial charge in [-0.05, 0) is 89.1 Å². The van der Waals surface area contributed by atoms with Gasteiger partial charge in [-0.15, -0.1) is 0 Å². The predicted molar refractivity (Wildman–Crippen MR) is 160 cm³/mol. The maximum absolute atomic E-state index is 13.7. The number of nitrogens with zero attached hydrogens (tertiary/aromatic N) is 1. The number of hydrogen-bond acceptors (Lipinski definition) is 5. The van der Waals surface area contributed by atoms with E-state index in [1.165, 1.54) is 5.56 Å². The van der Waals surface area contributed by atoms with Crippen molar-refractivity contribution in [2.75, 3.05) is 27.5 Å². The lowest BCUT2D eigenvalue weighted by Crippen LogP contribution is -2.24. The van der Waals surface area contributed by atoms with Crippen molar-refractivity contribution in [1.29, 1.82) is 0 Å². The number of carbonyl (C=O) groups excluding carboxylic acids is 2. The van der Waals surface area contributed by atoms with Crippen LogP contribution in [0.15, 0.2) is 60.7 Å². The highest BCUT2D eigenvalue weighted by molar-refractivity contribution is 5.95. The number of ketones is 1. The molecular formula is C35H41NO5. The number of aryl methyl sites for hydroxylation is 1. The molecule has 6 heteroatoms. The van der Waals surface area contributed by atoms with Crippen LogP contribution in [0.1, 0.15) is 67.1 Å². The summed E-state index contributed by atoms with van der Waals surface area (Å²) in [7, 11) is 3.50. The molecule has 216 valence electrons. The van der Waals surface area contributed by atoms with Crippen molar-refractivity contribution in [2.24, 2.45) is 11.3 Å². The van der Waals surface area contributed by atoms with E-state index >= 15 is 0 Å². The van der Waals surface area contributed by atoms with Crippen LogP contribution in [-0.2, 0) is 23.1 Å². The minimum absolute atomic E-state index is 0.00275. The average Bonchev–Trinajstić information content (AvgIpc) is 3.63. The molecule has 0 unspecified atom stereocenters. The predicted octanol–water partition coefficient (Wildman–Crippen LogP) is 6.21. The van der Waals surface area contributed by atoms with Crippen LogP contribution in [0.2, 0.25) is 0 Å². The highest BCUT2D eigenvalue weighted by Crippen LogP contribution is 2.51. The lowest BCUT2D eigenvalue weighted by molar-refractivity contribution is -0.120. The van der Waals surface area contributed by atoms with Crippen molar-refractivity contribution in [3.8, 4) is 22.6 Å². The van der Waals surface area contributed by atoms with Crippen molar-refractivity contribution in [3.05, 3.63) is 82.9 Å². The molecule has 1 amide bonds. The van der Waals surface area contributed by atoms with E-state index in [0.29, 0.717) is 17.7 Å². The molecule has 0 saturated heterocycles. The maximum Gasteiger partial charge on any atom is 0.253 e. The van der Waals surface area contributed by atoms with Crippen LogP contribution in [0.4, 0.5) is 0 Å². The number of carbonyl (C=O) groups is 2. The summed E-state index contributed by atoms with van der Waals surface area (Å²) in [5, 5.41) is 10.0. The third-order valence-corrected chi connectivity index (χ3v) is 8.80. The molecule has 3 aromatic carbocycles. The van der Waals surface area contributed by atoms with Crippen LogP contribution in [0.3, 0.4) is 0 Å². The van der Waals surface area contributed by atoms with E-state index in [0.717, 1.165) is 53.7 Å². The molecule has 0 bridgehead atoms. The van der Waals surface area contributed by atoms with Crippen LogP contribution in [0.25, 0.3) is 11.1 Å². The minimum Gasteiger partial charge on any atom is -0.454 e. The fourth-order valence-electron chi connectivity index (χ4n) is 5.80. The van der Waals surface area contributed by atoms with E-state index in [2.05, 4.69) is 39.0 Å². The monoisotopic (exact) mass is 555 g/mol. The van der Waals surface area contributed by atoms with Crippen LogP contribution in [0.5, 0.6) is 11.5 Å². The Kier molecular flexibility index (Phi) is 7.97. The molecule has 0 spiro atoms. The van der Waals surface area contributed by atoms with Crippen molar-refractivity contribution in [2.45, 2.75) is 58.3 Å². The SMILES string of the molecule is CN(C)C(=O)c1ccc(-c2cc(CC(=O)C3(c4ccc5c(c4)OCO5)CC3)ccc2CC[C@H](CO)C(C)(C)C)cc1. The number of fused-ring (bicyclic) bond motifs is 1. The van der Waals surface area contributed by atoms with Gasteiger partial charge in [0.15, 0.2) is 11.5 Å². The summed E-state index contributed by atoms with van der Waals surface area (Å²) >= 11 is 0. The summed E-state index contributed by atoms with van der Waals surface area (Å²) in [5.74, 6) is 1.79. The summed E-state index contributed by atoms with van der Waals surface area (Å²) in [6.45, 7) is 6.86. The first-order valence-corrected chi connectivity index (χ1v) is 14.5. The Morgan fingerprint density at radius 3 is 2.29 bits per heavy atom. The number of amides is 1. The van der Waals surface area contributed by atoms with Gasteiger partial charge in [-0.3, -0.25) is 9.59 Å². The van der Waals surface area contributed by atoms with Gasteiger partial charge in [0.2, 0.25) is 6.79 Å². The van der Waals surface area contributed by atoms with Crippen LogP contribution >= 0.6 is 0 Å².